The third-order valence-electron chi connectivity index (χ3n) is 3.66. The maximum atomic E-state index is 13.9. The van der Waals surface area contributed by atoms with E-state index in [1.54, 1.807) is 12.1 Å². The molecule has 1 amide bonds. The van der Waals surface area contributed by atoms with Gasteiger partial charge in [-0.15, -0.1) is 23.7 Å². The van der Waals surface area contributed by atoms with E-state index in [2.05, 4.69) is 5.32 Å². The Labute approximate surface area is 153 Å². The zero-order valence-corrected chi connectivity index (χ0v) is 15.8. The summed E-state index contributed by atoms with van der Waals surface area (Å²) < 4.78 is 13.9. The zero-order valence-electron chi connectivity index (χ0n) is 14.2. The topological polar surface area (TPSA) is 32.3 Å². The summed E-state index contributed by atoms with van der Waals surface area (Å²) in [6, 6.07) is 10.8. The molecule has 0 saturated carbocycles. The van der Waals surface area contributed by atoms with Crippen molar-refractivity contribution in [3.63, 3.8) is 0 Å². The summed E-state index contributed by atoms with van der Waals surface area (Å²) in [5.41, 5.74) is 0.612. The van der Waals surface area contributed by atoms with Gasteiger partial charge in [0.2, 0.25) is 5.91 Å². The molecule has 0 aliphatic rings. The van der Waals surface area contributed by atoms with Gasteiger partial charge in [0.25, 0.3) is 0 Å². The van der Waals surface area contributed by atoms with Gasteiger partial charge in [-0.25, -0.2) is 4.39 Å². The Morgan fingerprint density at radius 2 is 1.96 bits per heavy atom. The van der Waals surface area contributed by atoms with Crippen molar-refractivity contribution >= 4 is 29.7 Å². The molecule has 0 spiro atoms. The van der Waals surface area contributed by atoms with Gasteiger partial charge in [-0.1, -0.05) is 18.2 Å². The molecule has 132 valence electrons. The highest BCUT2D eigenvalue weighted by atomic mass is 35.5. The van der Waals surface area contributed by atoms with Crippen LogP contribution in [0, 0.1) is 5.82 Å². The first kappa shape index (κ1) is 20.6. The van der Waals surface area contributed by atoms with Crippen molar-refractivity contribution in [2.24, 2.45) is 0 Å². The highest BCUT2D eigenvalue weighted by Crippen LogP contribution is 2.30. The monoisotopic (exact) mass is 370 g/mol. The predicted molar refractivity (Wildman–Crippen MR) is 101 cm³/mol. The van der Waals surface area contributed by atoms with Gasteiger partial charge in [-0.2, -0.15) is 0 Å². The second-order valence-corrected chi connectivity index (χ2v) is 6.88. The minimum atomic E-state index is -0.216. The van der Waals surface area contributed by atoms with E-state index in [0.717, 1.165) is 9.75 Å². The lowest BCUT2D eigenvalue weighted by Gasteiger charge is -2.26. The summed E-state index contributed by atoms with van der Waals surface area (Å²) in [5.74, 6) is -0.0816. The molecule has 0 bridgehead atoms. The van der Waals surface area contributed by atoms with Gasteiger partial charge in [0.1, 0.15) is 5.82 Å². The summed E-state index contributed by atoms with van der Waals surface area (Å²) in [4.78, 5) is 16.1. The van der Waals surface area contributed by atoms with Crippen LogP contribution in [0.4, 0.5) is 4.39 Å². The first-order valence-corrected chi connectivity index (χ1v) is 8.62. The largest absolute Gasteiger partial charge is 0.335 e. The zero-order chi connectivity index (χ0) is 16.8. The van der Waals surface area contributed by atoms with Crippen LogP contribution in [0.25, 0.3) is 10.4 Å². The molecule has 1 aromatic carbocycles. The van der Waals surface area contributed by atoms with Crippen molar-refractivity contribution in [2.75, 3.05) is 13.6 Å². The van der Waals surface area contributed by atoms with E-state index < -0.39 is 0 Å². The molecule has 0 saturated heterocycles. The molecule has 0 atom stereocenters. The number of amides is 1. The predicted octanol–water partition coefficient (Wildman–Crippen LogP) is 4.32. The van der Waals surface area contributed by atoms with Crippen LogP contribution < -0.4 is 5.32 Å². The van der Waals surface area contributed by atoms with E-state index in [1.807, 2.05) is 44.0 Å². The van der Waals surface area contributed by atoms with Gasteiger partial charge in [-0.3, -0.25) is 4.79 Å². The number of hydrogen-bond donors (Lipinski definition) is 1. The Hall–Kier alpha value is -1.43. The van der Waals surface area contributed by atoms with Crippen molar-refractivity contribution in [1.82, 2.24) is 10.2 Å². The summed E-state index contributed by atoms with van der Waals surface area (Å²) in [6.07, 6.45) is 0.486. The molecule has 1 N–H and O–H groups in total. The minimum absolute atomic E-state index is 0. The van der Waals surface area contributed by atoms with Crippen LogP contribution in [0.1, 0.15) is 25.1 Å². The number of nitrogens with one attached hydrogen (secondary N) is 1. The maximum absolute atomic E-state index is 13.9. The molecule has 0 radical (unpaired) electrons. The second kappa shape index (κ2) is 9.77. The van der Waals surface area contributed by atoms with Crippen LogP contribution >= 0.6 is 23.7 Å². The SMILES string of the molecule is CNCCC(=O)N(Cc1ccc(-c2ccccc2F)s1)C(C)C.Cl. The summed E-state index contributed by atoms with van der Waals surface area (Å²) in [7, 11) is 1.84. The second-order valence-electron chi connectivity index (χ2n) is 5.71. The maximum Gasteiger partial charge on any atom is 0.224 e. The number of thiophene rings is 1. The van der Waals surface area contributed by atoms with Crippen molar-refractivity contribution in [3.05, 3.63) is 47.1 Å². The Bertz CT molecular complexity index is 660. The quantitative estimate of drug-likeness (QED) is 0.787. The Balaban J connectivity index is 0.00000288. The molecular weight excluding hydrogens is 347 g/mol. The van der Waals surface area contributed by atoms with Crippen LogP contribution in [0.15, 0.2) is 36.4 Å². The molecule has 3 nitrogen and oxygen atoms in total. The van der Waals surface area contributed by atoms with E-state index in [0.29, 0.717) is 25.1 Å². The number of halogens is 2. The van der Waals surface area contributed by atoms with Crippen LogP contribution in [0.5, 0.6) is 0 Å². The van der Waals surface area contributed by atoms with Gasteiger partial charge < -0.3 is 10.2 Å². The van der Waals surface area contributed by atoms with Gasteiger partial charge in [0.05, 0.1) is 6.54 Å². The molecular formula is C18H24ClFN2OS. The number of nitrogens with zero attached hydrogens (tertiary/aromatic N) is 1. The molecule has 2 aromatic rings. The van der Waals surface area contributed by atoms with Crippen LogP contribution in [0.2, 0.25) is 0 Å². The highest BCUT2D eigenvalue weighted by Gasteiger charge is 2.18. The molecule has 0 fully saturated rings. The average molecular weight is 371 g/mol. The molecule has 6 heteroatoms. The van der Waals surface area contributed by atoms with E-state index >= 15 is 0 Å². The molecule has 0 aliphatic carbocycles. The third-order valence-corrected chi connectivity index (χ3v) is 4.76. The van der Waals surface area contributed by atoms with Crippen molar-refractivity contribution < 1.29 is 9.18 Å². The third kappa shape index (κ3) is 5.30. The van der Waals surface area contributed by atoms with Crippen LogP contribution in [-0.4, -0.2) is 30.4 Å². The Morgan fingerprint density at radius 3 is 2.58 bits per heavy atom. The van der Waals surface area contributed by atoms with Crippen molar-refractivity contribution in [3.8, 4) is 10.4 Å². The Kier molecular flexibility index (Phi) is 8.39. The van der Waals surface area contributed by atoms with E-state index in [-0.39, 0.29) is 30.2 Å². The number of carbonyl (C=O) groups is 1. The number of carbonyl (C=O) groups excluding carboxylic acids is 1. The fourth-order valence-corrected chi connectivity index (χ4v) is 3.40. The number of hydrogen-bond acceptors (Lipinski definition) is 3. The van der Waals surface area contributed by atoms with Crippen molar-refractivity contribution in [1.29, 1.82) is 0 Å². The molecule has 0 unspecified atom stereocenters. The summed E-state index contributed by atoms with van der Waals surface area (Å²) >= 11 is 1.54. The standard InChI is InChI=1S/C18H23FN2OS.ClH/c1-13(2)21(18(22)10-11-20-3)12-14-8-9-17(23-14)15-6-4-5-7-16(15)19;/h4-9,13,20H,10-12H2,1-3H3;1H. The van der Waals surface area contributed by atoms with E-state index in [9.17, 15) is 9.18 Å². The fraction of sp³-hybridized carbons (Fsp3) is 0.389. The van der Waals surface area contributed by atoms with Gasteiger partial charge in [0, 0.05) is 34.3 Å². The number of benzene rings is 1. The highest BCUT2D eigenvalue weighted by molar-refractivity contribution is 7.15. The normalized spacial score (nSPS) is 10.5. The summed E-state index contributed by atoms with van der Waals surface area (Å²) in [5, 5.41) is 3.00. The molecule has 1 aromatic heterocycles. The van der Waals surface area contributed by atoms with Crippen molar-refractivity contribution in [2.45, 2.75) is 32.9 Å². The smallest absolute Gasteiger partial charge is 0.224 e. The lowest BCUT2D eigenvalue weighted by molar-refractivity contribution is -0.133. The van der Waals surface area contributed by atoms with Gasteiger partial charge >= 0.3 is 0 Å². The van der Waals surface area contributed by atoms with Gasteiger partial charge in [-0.05, 0) is 39.1 Å². The molecule has 0 aliphatic heterocycles. The first-order chi connectivity index (χ1) is 11.0. The minimum Gasteiger partial charge on any atom is -0.335 e. The average Bonchev–Trinajstić information content (AvgIpc) is 2.99. The van der Waals surface area contributed by atoms with Crippen LogP contribution in [-0.2, 0) is 11.3 Å². The number of rotatable bonds is 7. The first-order valence-electron chi connectivity index (χ1n) is 7.80. The molecule has 2 rings (SSSR count). The lowest BCUT2D eigenvalue weighted by atomic mass is 10.2. The van der Waals surface area contributed by atoms with E-state index in [4.69, 9.17) is 0 Å². The molecule has 24 heavy (non-hydrogen) atoms. The summed E-state index contributed by atoms with van der Waals surface area (Å²) in [6.45, 7) is 5.28. The van der Waals surface area contributed by atoms with Crippen LogP contribution in [0.3, 0.4) is 0 Å². The Morgan fingerprint density at radius 1 is 1.25 bits per heavy atom. The fourth-order valence-electron chi connectivity index (χ4n) is 2.37. The van der Waals surface area contributed by atoms with E-state index in [1.165, 1.54) is 17.4 Å². The van der Waals surface area contributed by atoms with Gasteiger partial charge in [0.15, 0.2) is 0 Å². The molecule has 1 heterocycles. The lowest BCUT2D eigenvalue weighted by Crippen LogP contribution is -2.37.